The Morgan fingerprint density at radius 1 is 1.08 bits per heavy atom. The van der Waals surface area contributed by atoms with Gasteiger partial charge in [0.1, 0.15) is 23.7 Å². The van der Waals surface area contributed by atoms with Crippen molar-refractivity contribution in [3.8, 4) is 0 Å². The van der Waals surface area contributed by atoms with Gasteiger partial charge in [0.05, 0.1) is 0 Å². The van der Waals surface area contributed by atoms with Gasteiger partial charge in [-0.1, -0.05) is 29.8 Å². The van der Waals surface area contributed by atoms with Gasteiger partial charge < -0.3 is 10.6 Å². The third-order valence-corrected chi connectivity index (χ3v) is 3.86. The lowest BCUT2D eigenvalue weighted by Gasteiger charge is -2.08. The summed E-state index contributed by atoms with van der Waals surface area (Å²) in [6.07, 6.45) is 1.97. The molecule has 26 heavy (non-hydrogen) atoms. The molecule has 0 unspecified atom stereocenters. The summed E-state index contributed by atoms with van der Waals surface area (Å²) in [6, 6.07) is 15.0. The van der Waals surface area contributed by atoms with E-state index in [-0.39, 0.29) is 17.4 Å². The summed E-state index contributed by atoms with van der Waals surface area (Å²) in [5, 5.41) is 6.43. The lowest BCUT2D eigenvalue weighted by atomic mass is 10.1. The van der Waals surface area contributed by atoms with Crippen molar-refractivity contribution in [2.24, 2.45) is 0 Å². The van der Waals surface area contributed by atoms with Crippen molar-refractivity contribution >= 4 is 29.0 Å². The van der Waals surface area contributed by atoms with E-state index in [2.05, 4.69) is 20.6 Å². The molecule has 7 heteroatoms. The van der Waals surface area contributed by atoms with Crippen molar-refractivity contribution in [3.63, 3.8) is 0 Å². The van der Waals surface area contributed by atoms with E-state index < -0.39 is 0 Å². The van der Waals surface area contributed by atoms with Crippen LogP contribution >= 0.6 is 11.6 Å². The van der Waals surface area contributed by atoms with Crippen LogP contribution in [0.3, 0.4) is 0 Å². The Hall–Kier alpha value is -2.99. The molecule has 0 bridgehead atoms. The fraction of sp³-hybridized carbons (Fsp3) is 0.105. The molecule has 2 N–H and O–H groups in total. The van der Waals surface area contributed by atoms with Gasteiger partial charge in [0.15, 0.2) is 0 Å². The minimum absolute atomic E-state index is 0.231. The smallest absolute Gasteiger partial charge is 0.270 e. The molecule has 2 aromatic carbocycles. The quantitative estimate of drug-likeness (QED) is 0.688. The molecule has 0 aliphatic rings. The standard InChI is InChI=1S/C19H16ClFN4O/c20-14-6-4-13(5-7-14)8-9-22-19(26)17-11-18(24-12-23-17)25-16-3-1-2-15(21)10-16/h1-7,10-12H,8-9H2,(H,22,26)(H,23,24,25). The molecule has 0 aliphatic heterocycles. The number of halogens is 2. The Morgan fingerprint density at radius 3 is 2.65 bits per heavy atom. The van der Waals surface area contributed by atoms with Crippen LogP contribution in [-0.2, 0) is 6.42 Å². The highest BCUT2D eigenvalue weighted by Gasteiger charge is 2.09. The molecule has 0 aliphatic carbocycles. The first kappa shape index (κ1) is 17.8. The third kappa shape index (κ3) is 5.00. The Bertz CT molecular complexity index is 902. The van der Waals surface area contributed by atoms with Gasteiger partial charge in [-0.15, -0.1) is 0 Å². The van der Waals surface area contributed by atoms with Gasteiger partial charge in [0.25, 0.3) is 5.91 Å². The largest absolute Gasteiger partial charge is 0.350 e. The molecule has 0 radical (unpaired) electrons. The van der Waals surface area contributed by atoms with E-state index in [0.29, 0.717) is 29.5 Å². The van der Waals surface area contributed by atoms with Crippen LogP contribution in [0.1, 0.15) is 16.1 Å². The molecule has 0 spiro atoms. The van der Waals surface area contributed by atoms with Crippen LogP contribution < -0.4 is 10.6 Å². The third-order valence-electron chi connectivity index (χ3n) is 3.61. The normalized spacial score (nSPS) is 10.4. The second kappa shape index (κ2) is 8.40. The van der Waals surface area contributed by atoms with Gasteiger partial charge in [-0.25, -0.2) is 14.4 Å². The van der Waals surface area contributed by atoms with E-state index in [0.717, 1.165) is 5.56 Å². The molecule has 132 valence electrons. The predicted octanol–water partition coefficient (Wildman–Crippen LogP) is 3.99. The van der Waals surface area contributed by atoms with Crippen molar-refractivity contribution in [3.05, 3.63) is 83.0 Å². The number of hydrogen-bond acceptors (Lipinski definition) is 4. The monoisotopic (exact) mass is 370 g/mol. The maximum atomic E-state index is 13.2. The van der Waals surface area contributed by atoms with Crippen LogP contribution in [0.15, 0.2) is 60.9 Å². The number of carbonyl (C=O) groups is 1. The highest BCUT2D eigenvalue weighted by Crippen LogP contribution is 2.15. The van der Waals surface area contributed by atoms with Gasteiger partial charge in [-0.3, -0.25) is 4.79 Å². The molecule has 5 nitrogen and oxygen atoms in total. The molecule has 0 saturated heterocycles. The molecule has 1 amide bonds. The van der Waals surface area contributed by atoms with Crippen LogP contribution in [0.4, 0.5) is 15.9 Å². The molecule has 1 heterocycles. The second-order valence-corrected chi connectivity index (χ2v) is 5.99. The first-order valence-corrected chi connectivity index (χ1v) is 8.35. The van der Waals surface area contributed by atoms with Crippen LogP contribution in [0.5, 0.6) is 0 Å². The number of rotatable bonds is 6. The Labute approximate surface area is 155 Å². The fourth-order valence-corrected chi connectivity index (χ4v) is 2.45. The molecular formula is C19H16ClFN4O. The SMILES string of the molecule is O=C(NCCc1ccc(Cl)cc1)c1cc(Nc2cccc(F)c2)ncn1. The van der Waals surface area contributed by atoms with Crippen LogP contribution in [0.2, 0.25) is 5.02 Å². The van der Waals surface area contributed by atoms with Gasteiger partial charge in [-0.2, -0.15) is 0 Å². The molecule has 0 fully saturated rings. The van der Waals surface area contributed by atoms with E-state index in [9.17, 15) is 9.18 Å². The first-order chi connectivity index (χ1) is 12.6. The molecular weight excluding hydrogens is 355 g/mol. The Morgan fingerprint density at radius 2 is 1.88 bits per heavy atom. The average Bonchev–Trinajstić information content (AvgIpc) is 2.63. The first-order valence-electron chi connectivity index (χ1n) is 7.97. The van der Waals surface area contributed by atoms with E-state index in [4.69, 9.17) is 11.6 Å². The zero-order valence-corrected chi connectivity index (χ0v) is 14.5. The van der Waals surface area contributed by atoms with E-state index in [1.54, 1.807) is 12.1 Å². The second-order valence-electron chi connectivity index (χ2n) is 5.56. The Balaban J connectivity index is 1.58. The number of aromatic nitrogens is 2. The summed E-state index contributed by atoms with van der Waals surface area (Å²) in [6.45, 7) is 0.469. The summed E-state index contributed by atoms with van der Waals surface area (Å²) in [5.41, 5.74) is 1.85. The minimum atomic E-state index is -0.357. The molecule has 0 saturated carbocycles. The maximum absolute atomic E-state index is 13.2. The van der Waals surface area contributed by atoms with Crippen LogP contribution in [-0.4, -0.2) is 22.4 Å². The number of anilines is 2. The highest BCUT2D eigenvalue weighted by atomic mass is 35.5. The van der Waals surface area contributed by atoms with Crippen LogP contribution in [0.25, 0.3) is 0 Å². The van der Waals surface area contributed by atoms with Crippen molar-refractivity contribution in [2.75, 3.05) is 11.9 Å². The van der Waals surface area contributed by atoms with Gasteiger partial charge >= 0.3 is 0 Å². The van der Waals surface area contributed by atoms with Gasteiger partial charge in [0.2, 0.25) is 0 Å². The van der Waals surface area contributed by atoms with Crippen molar-refractivity contribution < 1.29 is 9.18 Å². The van der Waals surface area contributed by atoms with Gasteiger partial charge in [0, 0.05) is 23.3 Å². The maximum Gasteiger partial charge on any atom is 0.270 e. The Kier molecular flexibility index (Phi) is 5.76. The topological polar surface area (TPSA) is 66.9 Å². The van der Waals surface area contributed by atoms with Crippen molar-refractivity contribution in [2.45, 2.75) is 6.42 Å². The van der Waals surface area contributed by atoms with E-state index >= 15 is 0 Å². The number of nitrogens with one attached hydrogen (secondary N) is 2. The molecule has 3 aromatic rings. The number of hydrogen-bond donors (Lipinski definition) is 2. The summed E-state index contributed by atoms with van der Waals surface area (Å²) in [4.78, 5) is 20.3. The summed E-state index contributed by atoms with van der Waals surface area (Å²) in [5.74, 6) is -0.249. The predicted molar refractivity (Wildman–Crippen MR) is 99.2 cm³/mol. The molecule has 0 atom stereocenters. The van der Waals surface area contributed by atoms with E-state index in [1.807, 2.05) is 24.3 Å². The van der Waals surface area contributed by atoms with Crippen molar-refractivity contribution in [1.82, 2.24) is 15.3 Å². The summed E-state index contributed by atoms with van der Waals surface area (Å²) in [7, 11) is 0. The summed E-state index contributed by atoms with van der Waals surface area (Å²) >= 11 is 5.85. The number of benzene rings is 2. The lowest BCUT2D eigenvalue weighted by molar-refractivity contribution is 0.0949. The van der Waals surface area contributed by atoms with Crippen LogP contribution in [0, 0.1) is 5.82 Å². The molecule has 1 aromatic heterocycles. The number of amides is 1. The summed E-state index contributed by atoms with van der Waals surface area (Å²) < 4.78 is 13.2. The van der Waals surface area contributed by atoms with Crippen molar-refractivity contribution in [1.29, 1.82) is 0 Å². The molecule has 3 rings (SSSR count). The fourth-order valence-electron chi connectivity index (χ4n) is 2.33. The van der Waals surface area contributed by atoms with E-state index in [1.165, 1.54) is 24.5 Å². The zero-order valence-electron chi connectivity index (χ0n) is 13.7. The highest BCUT2D eigenvalue weighted by molar-refractivity contribution is 6.30. The number of carbonyl (C=O) groups excluding carboxylic acids is 1. The average molecular weight is 371 g/mol. The zero-order chi connectivity index (χ0) is 18.4. The minimum Gasteiger partial charge on any atom is -0.350 e. The lowest BCUT2D eigenvalue weighted by Crippen LogP contribution is -2.26. The number of nitrogens with zero attached hydrogens (tertiary/aromatic N) is 2. The van der Waals surface area contributed by atoms with Gasteiger partial charge in [-0.05, 0) is 42.3 Å².